The molecule has 0 bridgehead atoms. The molecule has 0 aliphatic carbocycles. The Bertz CT molecular complexity index is 574. The van der Waals surface area contributed by atoms with Crippen molar-refractivity contribution in [2.24, 2.45) is 0 Å². The Balaban J connectivity index is 2.74. The van der Waals surface area contributed by atoms with Gasteiger partial charge in [-0.05, 0) is 19.1 Å². The smallest absolute Gasteiger partial charge is 0.304 e. The number of nitrogens with zero attached hydrogens (tertiary/aromatic N) is 3. The van der Waals surface area contributed by atoms with E-state index < -0.39 is 16.2 Å². The van der Waals surface area contributed by atoms with E-state index in [2.05, 4.69) is 4.98 Å². The van der Waals surface area contributed by atoms with Crippen molar-refractivity contribution < 1.29 is 18.3 Å². The van der Waals surface area contributed by atoms with Gasteiger partial charge in [-0.15, -0.1) is 0 Å². The Labute approximate surface area is 119 Å². The maximum atomic E-state index is 12.2. The average Bonchev–Trinajstić information content (AvgIpc) is 2.35. The number of rotatable bonds is 7. The van der Waals surface area contributed by atoms with Crippen LogP contribution in [0.1, 0.15) is 17.8 Å². The Morgan fingerprint density at radius 2 is 1.95 bits per heavy atom. The molecule has 1 N–H and O–H groups in total. The van der Waals surface area contributed by atoms with Crippen LogP contribution in [0.4, 0.5) is 0 Å². The summed E-state index contributed by atoms with van der Waals surface area (Å²) in [6.45, 7) is 1.90. The standard InChI is InChI=1S/C12H19N3O4S/c1-10-5-4-6-11(13-10)9-15(3)20(18,19)14(2)8-7-12(16)17/h4-6H,7-9H2,1-3H3,(H,16,17). The van der Waals surface area contributed by atoms with E-state index in [-0.39, 0.29) is 19.5 Å². The maximum Gasteiger partial charge on any atom is 0.304 e. The SMILES string of the molecule is Cc1cccc(CN(C)S(=O)(=O)N(C)CCC(=O)O)n1. The fourth-order valence-electron chi connectivity index (χ4n) is 1.60. The molecule has 7 nitrogen and oxygen atoms in total. The van der Waals surface area contributed by atoms with Gasteiger partial charge in [0.1, 0.15) is 0 Å². The van der Waals surface area contributed by atoms with Crippen LogP contribution >= 0.6 is 0 Å². The molecule has 0 fully saturated rings. The summed E-state index contributed by atoms with van der Waals surface area (Å²) < 4.78 is 26.5. The first kappa shape index (κ1) is 16.5. The number of carboxylic acids is 1. The van der Waals surface area contributed by atoms with Crippen LogP contribution in [0, 0.1) is 6.92 Å². The molecule has 0 spiro atoms. The molecule has 0 aromatic carbocycles. The lowest BCUT2D eigenvalue weighted by atomic mass is 10.3. The van der Waals surface area contributed by atoms with E-state index in [0.717, 1.165) is 14.3 Å². The van der Waals surface area contributed by atoms with E-state index in [4.69, 9.17) is 5.11 Å². The van der Waals surface area contributed by atoms with E-state index in [1.54, 1.807) is 6.07 Å². The molecule has 0 saturated heterocycles. The fraction of sp³-hybridized carbons (Fsp3) is 0.500. The third-order valence-corrected chi connectivity index (χ3v) is 4.65. The molecule has 0 unspecified atom stereocenters. The summed E-state index contributed by atoms with van der Waals surface area (Å²) in [5.74, 6) is -1.03. The Hall–Kier alpha value is -1.51. The highest BCUT2D eigenvalue weighted by atomic mass is 32.2. The van der Waals surface area contributed by atoms with Gasteiger partial charge in [-0.1, -0.05) is 6.07 Å². The maximum absolute atomic E-state index is 12.2. The summed E-state index contributed by atoms with van der Waals surface area (Å²) in [4.78, 5) is 14.7. The summed E-state index contributed by atoms with van der Waals surface area (Å²) in [5, 5.41) is 8.59. The molecular weight excluding hydrogens is 282 g/mol. The zero-order chi connectivity index (χ0) is 15.3. The lowest BCUT2D eigenvalue weighted by Crippen LogP contribution is -2.40. The zero-order valence-electron chi connectivity index (χ0n) is 11.8. The van der Waals surface area contributed by atoms with Gasteiger partial charge in [0.15, 0.2) is 0 Å². The van der Waals surface area contributed by atoms with Gasteiger partial charge in [0.25, 0.3) is 10.2 Å². The Morgan fingerprint density at radius 1 is 1.30 bits per heavy atom. The zero-order valence-corrected chi connectivity index (χ0v) is 12.6. The number of aryl methyl sites for hydroxylation is 1. The van der Waals surface area contributed by atoms with Crippen molar-refractivity contribution in [3.63, 3.8) is 0 Å². The van der Waals surface area contributed by atoms with E-state index in [1.165, 1.54) is 14.1 Å². The highest BCUT2D eigenvalue weighted by Gasteiger charge is 2.24. The summed E-state index contributed by atoms with van der Waals surface area (Å²) in [6, 6.07) is 5.39. The van der Waals surface area contributed by atoms with Gasteiger partial charge in [0.2, 0.25) is 0 Å². The number of hydrogen-bond donors (Lipinski definition) is 1. The molecule has 0 amide bonds. The minimum absolute atomic E-state index is 0.0662. The van der Waals surface area contributed by atoms with Gasteiger partial charge < -0.3 is 5.11 Å². The molecule has 0 aliphatic rings. The van der Waals surface area contributed by atoms with Gasteiger partial charge in [0, 0.05) is 26.3 Å². The van der Waals surface area contributed by atoms with Gasteiger partial charge in [-0.3, -0.25) is 9.78 Å². The van der Waals surface area contributed by atoms with Crippen LogP contribution in [-0.2, 0) is 21.5 Å². The van der Waals surface area contributed by atoms with Crippen LogP contribution in [0.3, 0.4) is 0 Å². The van der Waals surface area contributed by atoms with E-state index >= 15 is 0 Å². The first-order valence-corrected chi connectivity index (χ1v) is 7.45. The highest BCUT2D eigenvalue weighted by Crippen LogP contribution is 2.09. The van der Waals surface area contributed by atoms with Crippen molar-refractivity contribution in [2.75, 3.05) is 20.6 Å². The van der Waals surface area contributed by atoms with Crippen LogP contribution in [0.15, 0.2) is 18.2 Å². The van der Waals surface area contributed by atoms with Crippen LogP contribution in [0.5, 0.6) is 0 Å². The van der Waals surface area contributed by atoms with Crippen molar-refractivity contribution in [1.82, 2.24) is 13.6 Å². The second kappa shape index (κ2) is 6.78. The van der Waals surface area contributed by atoms with Gasteiger partial charge in [-0.2, -0.15) is 17.0 Å². The van der Waals surface area contributed by atoms with E-state index in [0.29, 0.717) is 5.69 Å². The van der Waals surface area contributed by atoms with Gasteiger partial charge in [0.05, 0.1) is 18.7 Å². The second-order valence-electron chi connectivity index (χ2n) is 4.50. The van der Waals surface area contributed by atoms with Crippen molar-refractivity contribution in [1.29, 1.82) is 0 Å². The van der Waals surface area contributed by atoms with E-state index in [9.17, 15) is 13.2 Å². The first-order valence-electron chi connectivity index (χ1n) is 6.05. The predicted octanol–water partition coefficient (Wildman–Crippen LogP) is 0.473. The Morgan fingerprint density at radius 3 is 2.50 bits per heavy atom. The number of hydrogen-bond acceptors (Lipinski definition) is 4. The third kappa shape index (κ3) is 4.55. The molecule has 0 aliphatic heterocycles. The summed E-state index contributed by atoms with van der Waals surface area (Å²) in [6.07, 6.45) is -0.230. The molecule has 1 aromatic rings. The minimum atomic E-state index is -3.68. The molecule has 0 atom stereocenters. The fourth-order valence-corrected chi connectivity index (χ4v) is 2.70. The van der Waals surface area contributed by atoms with Crippen LogP contribution in [0.2, 0.25) is 0 Å². The lowest BCUT2D eigenvalue weighted by Gasteiger charge is -2.23. The molecule has 1 rings (SSSR count). The summed E-state index contributed by atoms with van der Waals surface area (Å²) in [5.41, 5.74) is 1.45. The van der Waals surface area contributed by atoms with Crippen LogP contribution in [-0.4, -0.2) is 53.7 Å². The van der Waals surface area contributed by atoms with Crippen molar-refractivity contribution in [3.05, 3.63) is 29.6 Å². The van der Waals surface area contributed by atoms with Crippen molar-refractivity contribution in [3.8, 4) is 0 Å². The molecule has 0 radical (unpaired) electrons. The number of pyridine rings is 1. The van der Waals surface area contributed by atoms with Crippen LogP contribution < -0.4 is 0 Å². The number of carbonyl (C=O) groups is 1. The largest absolute Gasteiger partial charge is 0.481 e. The predicted molar refractivity (Wildman–Crippen MR) is 74.2 cm³/mol. The highest BCUT2D eigenvalue weighted by molar-refractivity contribution is 7.86. The van der Waals surface area contributed by atoms with Gasteiger partial charge in [-0.25, -0.2) is 0 Å². The summed E-state index contributed by atoms with van der Waals surface area (Å²) in [7, 11) is -0.882. The van der Waals surface area contributed by atoms with Gasteiger partial charge >= 0.3 is 5.97 Å². The second-order valence-corrected chi connectivity index (χ2v) is 6.64. The number of aliphatic carboxylic acids is 1. The molecule has 0 saturated carbocycles. The molecule has 8 heteroatoms. The Kier molecular flexibility index (Phi) is 5.61. The molecular formula is C12H19N3O4S. The minimum Gasteiger partial charge on any atom is -0.481 e. The molecule has 1 heterocycles. The number of aromatic nitrogens is 1. The van der Waals surface area contributed by atoms with E-state index in [1.807, 2.05) is 19.1 Å². The summed E-state index contributed by atoms with van der Waals surface area (Å²) >= 11 is 0. The first-order chi connectivity index (χ1) is 9.23. The molecule has 20 heavy (non-hydrogen) atoms. The number of carboxylic acid groups (broad SMARTS) is 1. The quantitative estimate of drug-likeness (QED) is 0.790. The lowest BCUT2D eigenvalue weighted by molar-refractivity contribution is -0.137. The average molecular weight is 301 g/mol. The molecule has 1 aromatic heterocycles. The molecule has 112 valence electrons. The topological polar surface area (TPSA) is 90.8 Å². The van der Waals surface area contributed by atoms with Crippen LogP contribution in [0.25, 0.3) is 0 Å². The van der Waals surface area contributed by atoms with Crippen molar-refractivity contribution >= 4 is 16.2 Å². The van der Waals surface area contributed by atoms with Crippen molar-refractivity contribution in [2.45, 2.75) is 19.9 Å². The third-order valence-electron chi connectivity index (χ3n) is 2.76. The monoisotopic (exact) mass is 301 g/mol. The normalized spacial score (nSPS) is 12.1.